The molecule has 2 aliphatic rings. The molecule has 25 heavy (non-hydrogen) atoms. The minimum atomic E-state index is -0.0865. The van der Waals surface area contributed by atoms with Gasteiger partial charge in [-0.05, 0) is 38.0 Å². The molecule has 2 aromatic rings. The molecule has 1 aliphatic heterocycles. The fraction of sp³-hybridized carbons (Fsp3) is 0.450. The number of allylic oxidation sites excluding steroid dienone is 2. The van der Waals surface area contributed by atoms with Gasteiger partial charge in [0.1, 0.15) is 6.04 Å². The van der Waals surface area contributed by atoms with Gasteiger partial charge in [0.15, 0.2) is 0 Å². The summed E-state index contributed by atoms with van der Waals surface area (Å²) in [6, 6.07) is 9.71. The number of amides is 1. The minimum Gasteiger partial charge on any atom is -0.337 e. The number of piperidine rings is 1. The molecule has 0 bridgehead atoms. The largest absolute Gasteiger partial charge is 0.337 e. The molecule has 1 aromatic heterocycles. The van der Waals surface area contributed by atoms with Gasteiger partial charge in [-0.25, -0.2) is 0 Å². The molecule has 1 saturated heterocycles. The molecule has 2 heterocycles. The average molecular weight is 337 g/mol. The molecule has 1 aromatic carbocycles. The van der Waals surface area contributed by atoms with E-state index < -0.39 is 0 Å². The van der Waals surface area contributed by atoms with Crippen LogP contribution in [0.4, 0.5) is 0 Å². The Morgan fingerprint density at radius 3 is 2.88 bits per heavy atom. The predicted octanol–water partition coefficient (Wildman–Crippen LogP) is 4.15. The minimum absolute atomic E-state index is 0.0865. The van der Waals surface area contributed by atoms with Crippen LogP contribution in [-0.4, -0.2) is 27.5 Å². The molecule has 0 saturated carbocycles. The van der Waals surface area contributed by atoms with Crippen LogP contribution in [0.15, 0.2) is 47.0 Å². The smallest absolute Gasteiger partial charge is 0.249 e. The Balaban J connectivity index is 1.52. The quantitative estimate of drug-likeness (QED) is 0.787. The first kappa shape index (κ1) is 16.1. The molecular formula is C20H23N3O2. The van der Waals surface area contributed by atoms with Crippen molar-refractivity contribution in [3.05, 3.63) is 48.4 Å². The number of likely N-dealkylation sites (tertiary alicyclic amines) is 1. The summed E-state index contributed by atoms with van der Waals surface area (Å²) in [5.74, 6) is 1.75. The second-order valence-corrected chi connectivity index (χ2v) is 6.89. The summed E-state index contributed by atoms with van der Waals surface area (Å²) in [4.78, 5) is 19.4. The number of carbonyl (C=O) groups is 1. The van der Waals surface area contributed by atoms with Crippen molar-refractivity contribution in [1.82, 2.24) is 15.0 Å². The molecular weight excluding hydrogens is 314 g/mol. The van der Waals surface area contributed by atoms with E-state index in [-0.39, 0.29) is 11.9 Å². The molecule has 130 valence electrons. The van der Waals surface area contributed by atoms with Crippen LogP contribution in [0.5, 0.6) is 0 Å². The number of benzene rings is 1. The van der Waals surface area contributed by atoms with Gasteiger partial charge in [-0.1, -0.05) is 47.6 Å². The zero-order chi connectivity index (χ0) is 17.1. The van der Waals surface area contributed by atoms with Gasteiger partial charge in [-0.3, -0.25) is 4.79 Å². The van der Waals surface area contributed by atoms with Gasteiger partial charge >= 0.3 is 0 Å². The van der Waals surface area contributed by atoms with Crippen molar-refractivity contribution >= 4 is 5.91 Å². The topological polar surface area (TPSA) is 59.2 Å². The summed E-state index contributed by atoms with van der Waals surface area (Å²) in [6.07, 6.45) is 10.1. The highest BCUT2D eigenvalue weighted by atomic mass is 16.5. The van der Waals surface area contributed by atoms with Gasteiger partial charge in [-0.2, -0.15) is 4.98 Å². The fourth-order valence-electron chi connectivity index (χ4n) is 3.77. The van der Waals surface area contributed by atoms with Crippen LogP contribution in [0, 0.1) is 5.92 Å². The fourth-order valence-corrected chi connectivity index (χ4v) is 3.77. The van der Waals surface area contributed by atoms with Crippen LogP contribution in [0.25, 0.3) is 11.4 Å². The zero-order valence-electron chi connectivity index (χ0n) is 14.3. The maximum absolute atomic E-state index is 12.8. The predicted molar refractivity (Wildman–Crippen MR) is 94.5 cm³/mol. The lowest BCUT2D eigenvalue weighted by Gasteiger charge is -2.34. The van der Waals surface area contributed by atoms with E-state index >= 15 is 0 Å². The van der Waals surface area contributed by atoms with Gasteiger partial charge in [0, 0.05) is 18.5 Å². The number of rotatable bonds is 4. The van der Waals surface area contributed by atoms with Crippen molar-refractivity contribution in [2.45, 2.75) is 44.6 Å². The van der Waals surface area contributed by atoms with Gasteiger partial charge in [-0.15, -0.1) is 0 Å². The van der Waals surface area contributed by atoms with E-state index in [0.29, 0.717) is 24.1 Å². The van der Waals surface area contributed by atoms with Crippen molar-refractivity contribution in [2.75, 3.05) is 6.54 Å². The van der Waals surface area contributed by atoms with E-state index in [1.165, 1.54) is 0 Å². The molecule has 5 heteroatoms. The molecule has 1 amide bonds. The standard InChI is InChI=1S/C20H23N3O2/c24-18(14-15-8-4-5-9-15)23-13-7-6-12-17(23)20-21-19(22-25-20)16-10-2-1-3-11-16/h1-4,8,10-11,15,17H,5-7,9,12-14H2/t15-,17+/m1/s1. The third-order valence-corrected chi connectivity index (χ3v) is 5.13. The second-order valence-electron chi connectivity index (χ2n) is 6.89. The van der Waals surface area contributed by atoms with Crippen molar-refractivity contribution in [2.24, 2.45) is 5.92 Å². The number of aromatic nitrogens is 2. The van der Waals surface area contributed by atoms with E-state index in [4.69, 9.17) is 4.52 Å². The van der Waals surface area contributed by atoms with Crippen molar-refractivity contribution in [1.29, 1.82) is 0 Å². The van der Waals surface area contributed by atoms with Gasteiger partial charge in [0.2, 0.25) is 17.6 Å². The average Bonchev–Trinajstić information content (AvgIpc) is 3.34. The molecule has 0 radical (unpaired) electrons. The molecule has 0 unspecified atom stereocenters. The summed E-state index contributed by atoms with van der Waals surface area (Å²) >= 11 is 0. The highest BCUT2D eigenvalue weighted by Crippen LogP contribution is 2.33. The van der Waals surface area contributed by atoms with Crippen LogP contribution < -0.4 is 0 Å². The Labute approximate surface area is 147 Å². The zero-order valence-corrected chi connectivity index (χ0v) is 14.3. The molecule has 2 atom stereocenters. The summed E-state index contributed by atoms with van der Waals surface area (Å²) in [5.41, 5.74) is 0.933. The van der Waals surface area contributed by atoms with Crippen LogP contribution in [0.1, 0.15) is 50.5 Å². The maximum Gasteiger partial charge on any atom is 0.249 e. The SMILES string of the molecule is O=C(C[C@@H]1C=CCC1)N1CCCC[C@H]1c1nc(-c2ccccc2)no1. The van der Waals surface area contributed by atoms with Gasteiger partial charge < -0.3 is 9.42 Å². The normalized spacial score (nSPS) is 23.1. The highest BCUT2D eigenvalue weighted by Gasteiger charge is 2.33. The Morgan fingerprint density at radius 2 is 2.08 bits per heavy atom. The molecule has 5 nitrogen and oxygen atoms in total. The van der Waals surface area contributed by atoms with E-state index in [2.05, 4.69) is 22.3 Å². The molecule has 1 aliphatic carbocycles. The van der Waals surface area contributed by atoms with Crippen LogP contribution in [0.3, 0.4) is 0 Å². The van der Waals surface area contributed by atoms with Crippen LogP contribution in [0.2, 0.25) is 0 Å². The van der Waals surface area contributed by atoms with E-state index in [1.807, 2.05) is 35.2 Å². The third kappa shape index (κ3) is 3.50. The monoisotopic (exact) mass is 337 g/mol. The summed E-state index contributed by atoms with van der Waals surface area (Å²) in [7, 11) is 0. The van der Waals surface area contributed by atoms with E-state index in [1.54, 1.807) is 0 Å². The molecule has 1 fully saturated rings. The third-order valence-electron chi connectivity index (χ3n) is 5.13. The first-order valence-corrected chi connectivity index (χ1v) is 9.16. The second kappa shape index (κ2) is 7.21. The van der Waals surface area contributed by atoms with Crippen molar-refractivity contribution < 1.29 is 9.32 Å². The van der Waals surface area contributed by atoms with Crippen molar-refractivity contribution in [3.63, 3.8) is 0 Å². The molecule has 0 N–H and O–H groups in total. The summed E-state index contributed by atoms with van der Waals surface area (Å²) in [5, 5.41) is 4.12. The lowest BCUT2D eigenvalue weighted by Crippen LogP contribution is -2.39. The Hall–Kier alpha value is -2.43. The molecule has 0 spiro atoms. The Morgan fingerprint density at radius 1 is 1.20 bits per heavy atom. The van der Waals surface area contributed by atoms with E-state index in [0.717, 1.165) is 44.2 Å². The maximum atomic E-state index is 12.8. The van der Waals surface area contributed by atoms with Crippen molar-refractivity contribution in [3.8, 4) is 11.4 Å². The lowest BCUT2D eigenvalue weighted by molar-refractivity contribution is -0.136. The number of carbonyl (C=O) groups excluding carboxylic acids is 1. The number of hydrogen-bond acceptors (Lipinski definition) is 4. The first-order valence-electron chi connectivity index (χ1n) is 9.16. The lowest BCUT2D eigenvalue weighted by atomic mass is 9.98. The summed E-state index contributed by atoms with van der Waals surface area (Å²) < 4.78 is 5.54. The Kier molecular flexibility index (Phi) is 4.63. The van der Waals surface area contributed by atoms with Crippen LogP contribution >= 0.6 is 0 Å². The first-order chi connectivity index (χ1) is 12.3. The highest BCUT2D eigenvalue weighted by molar-refractivity contribution is 5.77. The van der Waals surface area contributed by atoms with Gasteiger partial charge in [0.25, 0.3) is 0 Å². The Bertz CT molecular complexity index is 753. The molecule has 4 rings (SSSR count). The number of nitrogens with zero attached hydrogens (tertiary/aromatic N) is 3. The van der Waals surface area contributed by atoms with E-state index in [9.17, 15) is 4.79 Å². The number of hydrogen-bond donors (Lipinski definition) is 0. The van der Waals surface area contributed by atoms with Gasteiger partial charge in [0.05, 0.1) is 0 Å². The van der Waals surface area contributed by atoms with Crippen LogP contribution in [-0.2, 0) is 4.79 Å². The summed E-state index contributed by atoms with van der Waals surface area (Å²) in [6.45, 7) is 0.781.